The Balaban J connectivity index is 1.99. The standard InChI is InChI=1S/C17H11F3N2O2S/c18-10-6-7-11(15(20)14(10)19)21-17-22-16(9-4-2-1-3-5-9)12(25-17)8-13(23)24/h1-7H,8H2,(H,21,22)(H,23,24). The Kier molecular flexibility index (Phi) is 4.71. The van der Waals surface area contributed by atoms with Crippen molar-refractivity contribution in [2.24, 2.45) is 0 Å². The van der Waals surface area contributed by atoms with E-state index in [1.165, 1.54) is 0 Å². The molecule has 25 heavy (non-hydrogen) atoms. The third kappa shape index (κ3) is 3.63. The van der Waals surface area contributed by atoms with Crippen molar-refractivity contribution in [1.29, 1.82) is 0 Å². The Morgan fingerprint density at radius 1 is 1.08 bits per heavy atom. The van der Waals surface area contributed by atoms with Gasteiger partial charge in [0.1, 0.15) is 0 Å². The van der Waals surface area contributed by atoms with E-state index in [1.807, 2.05) is 6.07 Å². The summed E-state index contributed by atoms with van der Waals surface area (Å²) < 4.78 is 40.1. The van der Waals surface area contributed by atoms with Crippen molar-refractivity contribution < 1.29 is 23.1 Å². The largest absolute Gasteiger partial charge is 0.481 e. The predicted molar refractivity (Wildman–Crippen MR) is 88.5 cm³/mol. The molecule has 0 spiro atoms. The number of carboxylic acid groups (broad SMARTS) is 1. The molecular weight excluding hydrogens is 353 g/mol. The molecule has 8 heteroatoms. The number of carbonyl (C=O) groups is 1. The number of aliphatic carboxylic acids is 1. The number of carboxylic acids is 1. The smallest absolute Gasteiger partial charge is 0.308 e. The van der Waals surface area contributed by atoms with Crippen LogP contribution in [0.2, 0.25) is 0 Å². The van der Waals surface area contributed by atoms with E-state index < -0.39 is 23.4 Å². The lowest BCUT2D eigenvalue weighted by Crippen LogP contribution is -1.99. The number of rotatable bonds is 5. The number of hydrogen-bond donors (Lipinski definition) is 2. The molecule has 0 bridgehead atoms. The van der Waals surface area contributed by atoms with E-state index in [2.05, 4.69) is 10.3 Å². The maximum absolute atomic E-state index is 13.8. The van der Waals surface area contributed by atoms with Crippen molar-refractivity contribution in [2.45, 2.75) is 6.42 Å². The first kappa shape index (κ1) is 17.0. The molecule has 0 radical (unpaired) electrons. The molecule has 0 fully saturated rings. The summed E-state index contributed by atoms with van der Waals surface area (Å²) in [7, 11) is 0. The fraction of sp³-hybridized carbons (Fsp3) is 0.0588. The Bertz CT molecular complexity index is 929. The molecule has 3 rings (SSSR count). The second-order valence-corrected chi connectivity index (χ2v) is 6.16. The van der Waals surface area contributed by atoms with Crippen molar-refractivity contribution in [2.75, 3.05) is 5.32 Å². The lowest BCUT2D eigenvalue weighted by molar-refractivity contribution is -0.136. The predicted octanol–water partition coefficient (Wildman–Crippen LogP) is 4.60. The van der Waals surface area contributed by atoms with Gasteiger partial charge in [0.05, 0.1) is 17.8 Å². The molecule has 0 saturated carbocycles. The molecule has 0 aliphatic heterocycles. The number of nitrogens with one attached hydrogen (secondary N) is 1. The van der Waals surface area contributed by atoms with E-state index in [1.54, 1.807) is 24.3 Å². The highest BCUT2D eigenvalue weighted by Crippen LogP contribution is 2.34. The number of thiazole rings is 1. The summed E-state index contributed by atoms with van der Waals surface area (Å²) in [6, 6.07) is 10.7. The fourth-order valence-corrected chi connectivity index (χ4v) is 3.21. The number of halogens is 3. The molecule has 1 heterocycles. The van der Waals surface area contributed by atoms with Crippen LogP contribution in [-0.2, 0) is 11.2 Å². The van der Waals surface area contributed by atoms with Crippen LogP contribution in [0.15, 0.2) is 42.5 Å². The van der Waals surface area contributed by atoms with Crippen molar-refractivity contribution in [1.82, 2.24) is 4.98 Å². The fourth-order valence-electron chi connectivity index (χ4n) is 2.22. The molecule has 4 nitrogen and oxygen atoms in total. The molecule has 0 amide bonds. The van der Waals surface area contributed by atoms with E-state index in [0.717, 1.165) is 23.5 Å². The van der Waals surface area contributed by atoms with Gasteiger partial charge in [-0.15, -0.1) is 11.3 Å². The number of benzene rings is 2. The quantitative estimate of drug-likeness (QED) is 0.650. The SMILES string of the molecule is O=C(O)Cc1sc(Nc2ccc(F)c(F)c2F)nc1-c1ccccc1. The summed E-state index contributed by atoms with van der Waals surface area (Å²) in [4.78, 5) is 15.8. The third-order valence-electron chi connectivity index (χ3n) is 3.33. The van der Waals surface area contributed by atoms with Gasteiger partial charge in [0.15, 0.2) is 22.6 Å². The summed E-state index contributed by atoms with van der Waals surface area (Å²) in [5.41, 5.74) is 0.862. The molecule has 0 atom stereocenters. The zero-order valence-electron chi connectivity index (χ0n) is 12.6. The van der Waals surface area contributed by atoms with Gasteiger partial charge in [-0.05, 0) is 12.1 Å². The summed E-state index contributed by atoms with van der Waals surface area (Å²) in [5.74, 6) is -5.28. The van der Waals surface area contributed by atoms with Crippen molar-refractivity contribution in [3.05, 3.63) is 64.8 Å². The number of aromatic nitrogens is 1. The van der Waals surface area contributed by atoms with Crippen molar-refractivity contribution in [3.8, 4) is 11.3 Å². The van der Waals surface area contributed by atoms with Crippen molar-refractivity contribution in [3.63, 3.8) is 0 Å². The van der Waals surface area contributed by atoms with E-state index in [0.29, 0.717) is 16.1 Å². The maximum atomic E-state index is 13.8. The van der Waals surface area contributed by atoms with Gasteiger partial charge in [0.2, 0.25) is 0 Å². The van der Waals surface area contributed by atoms with Crippen LogP contribution >= 0.6 is 11.3 Å². The average Bonchev–Trinajstić information content (AvgIpc) is 2.98. The van der Waals surface area contributed by atoms with Crippen molar-refractivity contribution >= 4 is 28.1 Å². The van der Waals surface area contributed by atoms with Gasteiger partial charge in [-0.25, -0.2) is 18.2 Å². The summed E-state index contributed by atoms with van der Waals surface area (Å²) in [6.07, 6.45) is -0.260. The van der Waals surface area contributed by atoms with Gasteiger partial charge in [-0.2, -0.15) is 0 Å². The van der Waals surface area contributed by atoms with Gasteiger partial charge >= 0.3 is 5.97 Å². The van der Waals surface area contributed by atoms with Gasteiger partial charge in [0.25, 0.3) is 0 Å². The van der Waals surface area contributed by atoms with Crippen LogP contribution in [0, 0.1) is 17.5 Å². The van der Waals surface area contributed by atoms with Crippen LogP contribution in [0.3, 0.4) is 0 Å². The molecule has 1 aromatic heterocycles. The highest BCUT2D eigenvalue weighted by atomic mass is 32.1. The van der Waals surface area contributed by atoms with Gasteiger partial charge < -0.3 is 10.4 Å². The molecule has 0 saturated heterocycles. The normalized spacial score (nSPS) is 10.7. The Labute approximate surface area is 144 Å². The molecule has 2 aromatic carbocycles. The lowest BCUT2D eigenvalue weighted by Gasteiger charge is -2.05. The lowest BCUT2D eigenvalue weighted by atomic mass is 10.1. The van der Waals surface area contributed by atoms with E-state index in [-0.39, 0.29) is 17.2 Å². The molecule has 3 aromatic rings. The minimum atomic E-state index is -1.59. The van der Waals surface area contributed by atoms with Crippen LogP contribution in [-0.4, -0.2) is 16.1 Å². The molecule has 0 aliphatic carbocycles. The second-order valence-electron chi connectivity index (χ2n) is 5.08. The monoisotopic (exact) mass is 364 g/mol. The average molecular weight is 364 g/mol. The molecular formula is C17H11F3N2O2S. The van der Waals surface area contributed by atoms with Crippen LogP contribution < -0.4 is 5.32 Å². The number of nitrogens with zero attached hydrogens (tertiary/aromatic N) is 1. The minimum Gasteiger partial charge on any atom is -0.481 e. The molecule has 0 aliphatic rings. The summed E-state index contributed by atoms with van der Waals surface area (Å²) in [6.45, 7) is 0. The van der Waals surface area contributed by atoms with Gasteiger partial charge in [-0.3, -0.25) is 4.79 Å². The number of hydrogen-bond acceptors (Lipinski definition) is 4. The minimum absolute atomic E-state index is 0.181. The maximum Gasteiger partial charge on any atom is 0.308 e. The first-order chi connectivity index (χ1) is 12.0. The second kappa shape index (κ2) is 6.94. The van der Waals surface area contributed by atoms with E-state index >= 15 is 0 Å². The van der Waals surface area contributed by atoms with Crippen LogP contribution in [0.4, 0.5) is 24.0 Å². The van der Waals surface area contributed by atoms with Crippen LogP contribution in [0.25, 0.3) is 11.3 Å². The molecule has 2 N–H and O–H groups in total. The van der Waals surface area contributed by atoms with Gasteiger partial charge in [-0.1, -0.05) is 30.3 Å². The summed E-state index contributed by atoms with van der Waals surface area (Å²) in [5, 5.41) is 11.8. The van der Waals surface area contributed by atoms with Crippen LogP contribution in [0.5, 0.6) is 0 Å². The van der Waals surface area contributed by atoms with Crippen LogP contribution in [0.1, 0.15) is 4.88 Å². The highest BCUT2D eigenvalue weighted by molar-refractivity contribution is 7.16. The van der Waals surface area contributed by atoms with E-state index in [4.69, 9.17) is 5.11 Å². The first-order valence-corrected chi connectivity index (χ1v) is 7.95. The Morgan fingerprint density at radius 3 is 2.48 bits per heavy atom. The first-order valence-electron chi connectivity index (χ1n) is 7.13. The zero-order valence-corrected chi connectivity index (χ0v) is 13.4. The third-order valence-corrected chi connectivity index (χ3v) is 4.30. The molecule has 128 valence electrons. The summed E-state index contributed by atoms with van der Waals surface area (Å²) >= 11 is 1.01. The zero-order chi connectivity index (χ0) is 18.0. The number of anilines is 2. The Morgan fingerprint density at radius 2 is 1.80 bits per heavy atom. The highest BCUT2D eigenvalue weighted by Gasteiger charge is 2.18. The topological polar surface area (TPSA) is 62.2 Å². The molecule has 0 unspecified atom stereocenters. The van der Waals surface area contributed by atoms with E-state index in [9.17, 15) is 18.0 Å². The Hall–Kier alpha value is -2.87. The van der Waals surface area contributed by atoms with Gasteiger partial charge in [0, 0.05) is 10.4 Å².